The van der Waals surface area contributed by atoms with Crippen LogP contribution in [-0.2, 0) is 4.74 Å². The van der Waals surface area contributed by atoms with Gasteiger partial charge in [0.1, 0.15) is 11.3 Å². The lowest BCUT2D eigenvalue weighted by atomic mass is 10.0. The Morgan fingerprint density at radius 3 is 2.65 bits per heavy atom. The number of methoxy groups -OCH3 is 1. The number of carbonyl (C=O) groups excluding carboxylic acids is 1. The second kappa shape index (κ2) is 6.29. The molecular formula is C19H14N4O3. The first-order valence-electron chi connectivity index (χ1n) is 7.90. The zero-order valence-corrected chi connectivity index (χ0v) is 13.8. The van der Waals surface area contributed by atoms with Gasteiger partial charge in [-0.05, 0) is 18.2 Å². The number of H-pyrrole nitrogens is 1. The number of aromatic nitrogens is 4. The van der Waals surface area contributed by atoms with E-state index in [4.69, 9.17) is 0 Å². The molecule has 1 aromatic carbocycles. The molecule has 0 saturated heterocycles. The predicted molar refractivity (Wildman–Crippen MR) is 95.8 cm³/mol. The number of nitrogens with zero attached hydrogens (tertiary/aromatic N) is 3. The molecule has 4 rings (SSSR count). The molecule has 0 atom stereocenters. The van der Waals surface area contributed by atoms with Crippen LogP contribution < -0.4 is 5.56 Å². The Morgan fingerprint density at radius 2 is 1.88 bits per heavy atom. The van der Waals surface area contributed by atoms with Gasteiger partial charge in [-0.15, -0.1) is 0 Å². The number of nitrogens with one attached hydrogen (secondary N) is 1. The van der Waals surface area contributed by atoms with Gasteiger partial charge in [0.2, 0.25) is 0 Å². The highest BCUT2D eigenvalue weighted by Gasteiger charge is 2.20. The van der Waals surface area contributed by atoms with Crippen molar-refractivity contribution in [1.29, 1.82) is 0 Å². The number of benzene rings is 1. The molecule has 1 N–H and O–H groups in total. The molecule has 0 aliphatic carbocycles. The van der Waals surface area contributed by atoms with E-state index in [1.54, 1.807) is 4.52 Å². The minimum absolute atomic E-state index is 0.105. The molecule has 4 aromatic rings. The van der Waals surface area contributed by atoms with Gasteiger partial charge in [0.05, 0.1) is 23.9 Å². The summed E-state index contributed by atoms with van der Waals surface area (Å²) in [4.78, 5) is 23.8. The number of ether oxygens (including phenoxy) is 1. The summed E-state index contributed by atoms with van der Waals surface area (Å²) in [6.07, 6.45) is 1.83. The molecule has 0 bridgehead atoms. The Hall–Kier alpha value is -3.74. The number of rotatable bonds is 3. The molecule has 3 heterocycles. The second-order valence-electron chi connectivity index (χ2n) is 5.61. The Morgan fingerprint density at radius 1 is 1.12 bits per heavy atom. The van der Waals surface area contributed by atoms with Crippen LogP contribution in [-0.4, -0.2) is 32.9 Å². The Kier molecular flexibility index (Phi) is 3.81. The van der Waals surface area contributed by atoms with Gasteiger partial charge in [-0.3, -0.25) is 4.79 Å². The third-order valence-corrected chi connectivity index (χ3v) is 4.05. The van der Waals surface area contributed by atoms with Gasteiger partial charge in [0.15, 0.2) is 0 Å². The highest BCUT2D eigenvalue weighted by molar-refractivity contribution is 5.94. The molecule has 0 aliphatic heterocycles. The largest absolute Gasteiger partial charge is 0.465 e. The highest BCUT2D eigenvalue weighted by Crippen LogP contribution is 2.33. The average molecular weight is 346 g/mol. The summed E-state index contributed by atoms with van der Waals surface area (Å²) in [5, 5.41) is 11.2. The third kappa shape index (κ3) is 2.55. The van der Waals surface area contributed by atoms with Crippen LogP contribution in [0.4, 0.5) is 0 Å². The maximum absolute atomic E-state index is 11.9. The van der Waals surface area contributed by atoms with Gasteiger partial charge in [-0.25, -0.2) is 14.4 Å². The molecule has 3 aromatic heterocycles. The second-order valence-corrected chi connectivity index (χ2v) is 5.61. The summed E-state index contributed by atoms with van der Waals surface area (Å²) in [5.74, 6) is -0.715. The van der Waals surface area contributed by atoms with E-state index in [0.29, 0.717) is 11.4 Å². The fourth-order valence-corrected chi connectivity index (χ4v) is 2.84. The number of aromatic amines is 1. The number of pyridine rings is 1. The van der Waals surface area contributed by atoms with Crippen LogP contribution in [0.15, 0.2) is 65.6 Å². The summed E-state index contributed by atoms with van der Waals surface area (Å²) in [6.45, 7) is 0. The maximum Gasteiger partial charge on any atom is 0.343 e. The van der Waals surface area contributed by atoms with Crippen molar-refractivity contribution < 1.29 is 9.53 Å². The number of esters is 1. The van der Waals surface area contributed by atoms with Crippen LogP contribution in [0.2, 0.25) is 0 Å². The molecule has 0 saturated carbocycles. The van der Waals surface area contributed by atoms with Crippen LogP contribution in [0.3, 0.4) is 0 Å². The minimum atomic E-state index is -0.715. The van der Waals surface area contributed by atoms with Gasteiger partial charge in [0, 0.05) is 11.8 Å². The maximum atomic E-state index is 11.9. The van der Waals surface area contributed by atoms with Crippen LogP contribution in [0.25, 0.3) is 28.0 Å². The summed E-state index contributed by atoms with van der Waals surface area (Å²) in [7, 11) is 1.23. The Balaban J connectivity index is 2.03. The van der Waals surface area contributed by atoms with Crippen molar-refractivity contribution in [2.75, 3.05) is 7.11 Å². The van der Waals surface area contributed by atoms with E-state index in [9.17, 15) is 9.59 Å². The summed E-state index contributed by atoms with van der Waals surface area (Å²) >= 11 is 0. The zero-order chi connectivity index (χ0) is 18.1. The standard InChI is InChI=1S/C19H14N4O3/c1-26-19(25)13-11-14(20-21-18(13)24)16-15-9-5-6-10-23(15)22-17(16)12-7-3-2-4-8-12/h2-11H,1H3,(H,21,24). The van der Waals surface area contributed by atoms with E-state index in [2.05, 4.69) is 20.0 Å². The zero-order valence-electron chi connectivity index (χ0n) is 13.8. The summed E-state index contributed by atoms with van der Waals surface area (Å²) in [6, 6.07) is 16.7. The van der Waals surface area contributed by atoms with Crippen LogP contribution >= 0.6 is 0 Å². The van der Waals surface area contributed by atoms with Crippen molar-refractivity contribution in [2.45, 2.75) is 0 Å². The number of hydrogen-bond donors (Lipinski definition) is 1. The van der Waals surface area contributed by atoms with Gasteiger partial charge < -0.3 is 4.74 Å². The quantitative estimate of drug-likeness (QED) is 0.576. The van der Waals surface area contributed by atoms with Crippen LogP contribution in [0.1, 0.15) is 10.4 Å². The molecule has 7 nitrogen and oxygen atoms in total. The van der Waals surface area contributed by atoms with E-state index in [1.807, 2.05) is 54.7 Å². The van der Waals surface area contributed by atoms with Crippen molar-refractivity contribution >= 4 is 11.5 Å². The van der Waals surface area contributed by atoms with Crippen molar-refractivity contribution in [3.05, 3.63) is 76.7 Å². The normalized spacial score (nSPS) is 10.8. The predicted octanol–water partition coefficient (Wildman–Crippen LogP) is 2.54. The number of fused-ring (bicyclic) bond motifs is 1. The number of carbonyl (C=O) groups is 1. The minimum Gasteiger partial charge on any atom is -0.465 e. The van der Waals surface area contributed by atoms with Gasteiger partial charge in [0.25, 0.3) is 5.56 Å². The van der Waals surface area contributed by atoms with Crippen molar-refractivity contribution in [2.24, 2.45) is 0 Å². The van der Waals surface area contributed by atoms with Crippen molar-refractivity contribution in [3.8, 4) is 22.5 Å². The fourth-order valence-electron chi connectivity index (χ4n) is 2.84. The molecule has 0 unspecified atom stereocenters. The van der Waals surface area contributed by atoms with Crippen molar-refractivity contribution in [1.82, 2.24) is 19.8 Å². The molecule has 128 valence electrons. The van der Waals surface area contributed by atoms with E-state index >= 15 is 0 Å². The Bertz CT molecular complexity index is 1160. The van der Waals surface area contributed by atoms with Crippen molar-refractivity contribution in [3.63, 3.8) is 0 Å². The molecule has 0 radical (unpaired) electrons. The van der Waals surface area contributed by atoms with E-state index < -0.39 is 11.5 Å². The molecule has 0 aliphatic rings. The highest BCUT2D eigenvalue weighted by atomic mass is 16.5. The molecule has 7 heteroatoms. The van der Waals surface area contributed by atoms with Gasteiger partial charge in [-0.2, -0.15) is 10.2 Å². The molecular weight excluding hydrogens is 332 g/mol. The lowest BCUT2D eigenvalue weighted by molar-refractivity contribution is 0.0598. The first-order chi connectivity index (χ1) is 12.7. The molecule has 0 spiro atoms. The SMILES string of the molecule is COC(=O)c1cc(-c2c(-c3ccccc3)nn3ccccc23)n[nH]c1=O. The molecule has 0 fully saturated rings. The third-order valence-electron chi connectivity index (χ3n) is 4.05. The first kappa shape index (κ1) is 15.8. The summed E-state index contributed by atoms with van der Waals surface area (Å²) < 4.78 is 6.42. The van der Waals surface area contributed by atoms with Gasteiger partial charge in [-0.1, -0.05) is 36.4 Å². The lowest BCUT2D eigenvalue weighted by Crippen LogP contribution is -2.20. The lowest BCUT2D eigenvalue weighted by Gasteiger charge is -2.04. The monoisotopic (exact) mass is 346 g/mol. The van der Waals surface area contributed by atoms with E-state index in [-0.39, 0.29) is 5.56 Å². The van der Waals surface area contributed by atoms with Crippen LogP contribution in [0.5, 0.6) is 0 Å². The average Bonchev–Trinajstić information content (AvgIpc) is 3.08. The van der Waals surface area contributed by atoms with Gasteiger partial charge >= 0.3 is 5.97 Å². The smallest absolute Gasteiger partial charge is 0.343 e. The number of hydrogen-bond acceptors (Lipinski definition) is 5. The van der Waals surface area contributed by atoms with E-state index in [0.717, 1.165) is 16.6 Å². The van der Waals surface area contributed by atoms with Crippen LogP contribution in [0, 0.1) is 0 Å². The first-order valence-corrected chi connectivity index (χ1v) is 7.90. The van der Waals surface area contributed by atoms with E-state index in [1.165, 1.54) is 13.2 Å². The molecule has 26 heavy (non-hydrogen) atoms. The topological polar surface area (TPSA) is 89.3 Å². The molecule has 0 amide bonds. The Labute approximate surface area is 147 Å². The summed E-state index contributed by atoms with van der Waals surface area (Å²) in [5.41, 5.74) is 2.86. The fraction of sp³-hybridized carbons (Fsp3) is 0.0526.